The number of carbonyl (C=O) groups excluding carboxylic acids is 2. The Morgan fingerprint density at radius 2 is 1.69 bits per heavy atom. The molecule has 2 amide bonds. The molecule has 2 aliphatic heterocycles. The van der Waals surface area contributed by atoms with E-state index in [9.17, 15) is 9.59 Å². The molecule has 2 heterocycles. The van der Waals surface area contributed by atoms with Crippen molar-refractivity contribution in [3.8, 4) is 0 Å². The minimum Gasteiger partial charge on any atom is -0.341 e. The van der Waals surface area contributed by atoms with Crippen LogP contribution in [0.2, 0.25) is 0 Å². The van der Waals surface area contributed by atoms with Gasteiger partial charge in [0.1, 0.15) is 0 Å². The van der Waals surface area contributed by atoms with Crippen LogP contribution in [0.1, 0.15) is 56.9 Å². The smallest absolute Gasteiger partial charge is 0.240 e. The average molecular weight is 398 g/mol. The van der Waals surface area contributed by atoms with E-state index in [4.69, 9.17) is 0 Å². The zero-order valence-corrected chi connectivity index (χ0v) is 17.6. The summed E-state index contributed by atoms with van der Waals surface area (Å²) in [7, 11) is 0. The SMILES string of the molecule is O=C(CCC1CCCC1)N1CCCN([C@H]2CCN(Cc3ccccc3)C2=O)CC1. The van der Waals surface area contributed by atoms with Crippen molar-refractivity contribution in [1.29, 1.82) is 0 Å². The fourth-order valence-corrected chi connectivity index (χ4v) is 5.31. The van der Waals surface area contributed by atoms with Gasteiger partial charge in [0.2, 0.25) is 11.8 Å². The molecule has 1 saturated carbocycles. The van der Waals surface area contributed by atoms with Gasteiger partial charge < -0.3 is 9.80 Å². The molecule has 0 unspecified atom stereocenters. The summed E-state index contributed by atoms with van der Waals surface area (Å²) in [4.78, 5) is 32.1. The zero-order valence-electron chi connectivity index (χ0n) is 17.6. The van der Waals surface area contributed by atoms with Crippen molar-refractivity contribution in [2.24, 2.45) is 5.92 Å². The molecule has 1 atom stereocenters. The van der Waals surface area contributed by atoms with Crippen LogP contribution in [0.15, 0.2) is 30.3 Å². The van der Waals surface area contributed by atoms with Crippen LogP contribution in [0.25, 0.3) is 0 Å². The van der Waals surface area contributed by atoms with Crippen LogP contribution in [0, 0.1) is 5.92 Å². The minimum atomic E-state index is -0.00717. The van der Waals surface area contributed by atoms with Crippen LogP contribution in [0.3, 0.4) is 0 Å². The lowest BCUT2D eigenvalue weighted by molar-refractivity contribution is -0.132. The Morgan fingerprint density at radius 1 is 0.897 bits per heavy atom. The highest BCUT2D eigenvalue weighted by Gasteiger charge is 2.36. The third-order valence-electron chi connectivity index (χ3n) is 7.05. The lowest BCUT2D eigenvalue weighted by Gasteiger charge is -2.27. The molecule has 0 spiro atoms. The van der Waals surface area contributed by atoms with E-state index in [0.717, 1.165) is 57.9 Å². The van der Waals surface area contributed by atoms with E-state index in [-0.39, 0.29) is 11.9 Å². The molecule has 0 bridgehead atoms. The van der Waals surface area contributed by atoms with E-state index in [2.05, 4.69) is 21.9 Å². The number of hydrogen-bond acceptors (Lipinski definition) is 3. The second-order valence-electron chi connectivity index (χ2n) is 9.01. The van der Waals surface area contributed by atoms with Crippen molar-refractivity contribution in [2.45, 2.75) is 64.0 Å². The summed E-state index contributed by atoms with van der Waals surface area (Å²) in [5.74, 6) is 1.35. The summed E-state index contributed by atoms with van der Waals surface area (Å²) in [6, 6.07) is 10.2. The van der Waals surface area contributed by atoms with Gasteiger partial charge in [0.15, 0.2) is 0 Å². The highest BCUT2D eigenvalue weighted by Crippen LogP contribution is 2.29. The van der Waals surface area contributed by atoms with Crippen LogP contribution in [-0.2, 0) is 16.1 Å². The molecule has 0 aromatic heterocycles. The van der Waals surface area contributed by atoms with E-state index in [1.807, 2.05) is 23.1 Å². The first-order valence-corrected chi connectivity index (χ1v) is 11.6. The molecule has 0 N–H and O–H groups in total. The standard InChI is InChI=1S/C24H35N3O2/c28-23(12-11-20-7-4-5-8-20)26-15-6-14-25(17-18-26)22-13-16-27(24(22)29)19-21-9-2-1-3-10-21/h1-3,9-10,20,22H,4-8,11-19H2/t22-/m0/s1. The molecular weight excluding hydrogens is 362 g/mol. The summed E-state index contributed by atoms with van der Waals surface area (Å²) < 4.78 is 0. The highest BCUT2D eigenvalue weighted by atomic mass is 16.2. The fourth-order valence-electron chi connectivity index (χ4n) is 5.31. The minimum absolute atomic E-state index is 0.00717. The first-order chi connectivity index (χ1) is 14.2. The Kier molecular flexibility index (Phi) is 6.86. The van der Waals surface area contributed by atoms with Gasteiger partial charge in [-0.1, -0.05) is 56.0 Å². The van der Waals surface area contributed by atoms with Gasteiger partial charge >= 0.3 is 0 Å². The summed E-state index contributed by atoms with van der Waals surface area (Å²) >= 11 is 0. The van der Waals surface area contributed by atoms with Gasteiger partial charge in [0.25, 0.3) is 0 Å². The molecule has 3 aliphatic rings. The lowest BCUT2D eigenvalue weighted by atomic mass is 10.0. The normalized spacial score (nSPS) is 24.3. The van der Waals surface area contributed by atoms with E-state index in [1.165, 1.54) is 31.2 Å². The molecule has 1 aliphatic carbocycles. The number of benzene rings is 1. The van der Waals surface area contributed by atoms with Gasteiger partial charge in [0.05, 0.1) is 6.04 Å². The lowest BCUT2D eigenvalue weighted by Crippen LogP contribution is -2.44. The predicted molar refractivity (Wildman–Crippen MR) is 114 cm³/mol. The topological polar surface area (TPSA) is 43.9 Å². The van der Waals surface area contributed by atoms with Gasteiger partial charge in [-0.15, -0.1) is 0 Å². The van der Waals surface area contributed by atoms with Gasteiger partial charge in [-0.25, -0.2) is 0 Å². The van der Waals surface area contributed by atoms with E-state index in [1.54, 1.807) is 0 Å². The molecular formula is C24H35N3O2. The third kappa shape index (κ3) is 5.19. The zero-order chi connectivity index (χ0) is 20.1. The van der Waals surface area contributed by atoms with Crippen molar-refractivity contribution in [3.63, 3.8) is 0 Å². The Morgan fingerprint density at radius 3 is 2.48 bits per heavy atom. The predicted octanol–water partition coefficient (Wildman–Crippen LogP) is 3.29. The Balaban J connectivity index is 1.26. The first-order valence-electron chi connectivity index (χ1n) is 11.6. The van der Waals surface area contributed by atoms with Crippen molar-refractivity contribution >= 4 is 11.8 Å². The number of likely N-dealkylation sites (tertiary alicyclic amines) is 1. The van der Waals surface area contributed by atoms with Crippen molar-refractivity contribution < 1.29 is 9.59 Å². The maximum Gasteiger partial charge on any atom is 0.240 e. The van der Waals surface area contributed by atoms with Crippen LogP contribution in [0.5, 0.6) is 0 Å². The largest absolute Gasteiger partial charge is 0.341 e. The summed E-state index contributed by atoms with van der Waals surface area (Å²) in [6.07, 6.45) is 8.95. The van der Waals surface area contributed by atoms with E-state index in [0.29, 0.717) is 18.9 Å². The average Bonchev–Trinajstić information content (AvgIpc) is 3.31. The van der Waals surface area contributed by atoms with Crippen LogP contribution in [-0.4, -0.2) is 65.3 Å². The number of amides is 2. The van der Waals surface area contributed by atoms with E-state index >= 15 is 0 Å². The van der Waals surface area contributed by atoms with E-state index < -0.39 is 0 Å². The molecule has 1 aromatic carbocycles. The van der Waals surface area contributed by atoms with Gasteiger partial charge in [-0.2, -0.15) is 0 Å². The molecule has 158 valence electrons. The highest BCUT2D eigenvalue weighted by molar-refractivity contribution is 5.84. The molecule has 29 heavy (non-hydrogen) atoms. The second-order valence-corrected chi connectivity index (χ2v) is 9.01. The van der Waals surface area contributed by atoms with Crippen molar-refractivity contribution in [1.82, 2.24) is 14.7 Å². The Bertz CT molecular complexity index is 687. The van der Waals surface area contributed by atoms with Gasteiger partial charge in [0, 0.05) is 45.7 Å². The number of hydrogen-bond donors (Lipinski definition) is 0. The monoisotopic (exact) mass is 397 g/mol. The molecule has 5 nitrogen and oxygen atoms in total. The van der Waals surface area contributed by atoms with Crippen LogP contribution >= 0.6 is 0 Å². The maximum atomic E-state index is 13.0. The van der Waals surface area contributed by atoms with Crippen molar-refractivity contribution in [2.75, 3.05) is 32.7 Å². The summed E-state index contributed by atoms with van der Waals surface area (Å²) in [5.41, 5.74) is 1.19. The molecule has 4 rings (SSSR count). The number of rotatable bonds is 6. The van der Waals surface area contributed by atoms with Crippen LogP contribution < -0.4 is 0 Å². The molecule has 1 aromatic rings. The molecule has 0 radical (unpaired) electrons. The Labute approximate surface area is 175 Å². The number of nitrogens with zero attached hydrogens (tertiary/aromatic N) is 3. The fraction of sp³-hybridized carbons (Fsp3) is 0.667. The quantitative estimate of drug-likeness (QED) is 0.740. The second kappa shape index (κ2) is 9.75. The summed E-state index contributed by atoms with van der Waals surface area (Å²) in [5, 5.41) is 0. The third-order valence-corrected chi connectivity index (χ3v) is 7.05. The molecule has 2 saturated heterocycles. The molecule has 3 fully saturated rings. The first kappa shape index (κ1) is 20.4. The van der Waals surface area contributed by atoms with Crippen molar-refractivity contribution in [3.05, 3.63) is 35.9 Å². The van der Waals surface area contributed by atoms with Gasteiger partial charge in [-0.05, 0) is 30.7 Å². The number of carbonyl (C=O) groups is 2. The Hall–Kier alpha value is -1.88. The maximum absolute atomic E-state index is 13.0. The molecule has 5 heteroatoms. The van der Waals surface area contributed by atoms with Gasteiger partial charge in [-0.3, -0.25) is 14.5 Å². The summed E-state index contributed by atoms with van der Waals surface area (Å²) in [6.45, 7) is 4.89. The van der Waals surface area contributed by atoms with Crippen LogP contribution in [0.4, 0.5) is 0 Å².